The molecule has 1 aromatic heterocycles. The Balaban J connectivity index is 1.70. The van der Waals surface area contributed by atoms with Crippen molar-refractivity contribution in [3.05, 3.63) is 102 Å². The third kappa shape index (κ3) is 4.49. The number of aliphatic hydroxyl groups is 1. The van der Waals surface area contributed by atoms with Crippen molar-refractivity contribution < 1.29 is 9.90 Å². The molecule has 0 spiro atoms. The van der Waals surface area contributed by atoms with E-state index in [-0.39, 0.29) is 12.3 Å². The van der Waals surface area contributed by atoms with Gasteiger partial charge in [0, 0.05) is 10.9 Å². The van der Waals surface area contributed by atoms with Gasteiger partial charge in [0.1, 0.15) is 0 Å². The Morgan fingerprint density at radius 2 is 1.55 bits per heavy atom. The Hall–Kier alpha value is -3.50. The zero-order valence-electron chi connectivity index (χ0n) is 17.7. The molecule has 3 aromatic carbocycles. The first-order valence-electron chi connectivity index (χ1n) is 10.5. The molecule has 0 aliphatic heterocycles. The lowest BCUT2D eigenvalue weighted by Crippen LogP contribution is -2.36. The van der Waals surface area contributed by atoms with Crippen molar-refractivity contribution in [2.75, 3.05) is 0 Å². The third-order valence-corrected chi connectivity index (χ3v) is 5.61. The van der Waals surface area contributed by atoms with Crippen molar-refractivity contribution in [1.29, 1.82) is 0 Å². The number of carbonyl (C=O) groups excluding carboxylic acids is 1. The topological polar surface area (TPSA) is 62.2 Å². The number of fused-ring (bicyclic) bond motifs is 1. The van der Waals surface area contributed by atoms with Crippen LogP contribution in [-0.4, -0.2) is 22.1 Å². The number of benzene rings is 3. The van der Waals surface area contributed by atoms with Crippen LogP contribution in [0.3, 0.4) is 0 Å². The van der Waals surface area contributed by atoms with E-state index in [1.165, 1.54) is 0 Å². The number of para-hydroxylation sites is 1. The number of amides is 1. The summed E-state index contributed by atoms with van der Waals surface area (Å²) < 4.78 is 0. The van der Waals surface area contributed by atoms with E-state index >= 15 is 0 Å². The fourth-order valence-electron chi connectivity index (χ4n) is 4.01. The van der Waals surface area contributed by atoms with Crippen LogP contribution in [0.5, 0.6) is 0 Å². The molecule has 4 rings (SSSR count). The van der Waals surface area contributed by atoms with Gasteiger partial charge in [-0.25, -0.2) is 4.98 Å². The molecule has 0 fully saturated rings. The monoisotopic (exact) mass is 410 g/mol. The number of aliphatic hydroxyl groups excluding tert-OH is 1. The van der Waals surface area contributed by atoms with Crippen LogP contribution in [0.2, 0.25) is 0 Å². The average molecular weight is 411 g/mol. The highest BCUT2D eigenvalue weighted by Crippen LogP contribution is 2.30. The minimum Gasteiger partial charge on any atom is -0.391 e. The Kier molecular flexibility index (Phi) is 6.10. The summed E-state index contributed by atoms with van der Waals surface area (Å²) in [6.45, 7) is 3.71. The van der Waals surface area contributed by atoms with Gasteiger partial charge in [-0.05, 0) is 36.6 Å². The molecule has 0 aliphatic rings. The summed E-state index contributed by atoms with van der Waals surface area (Å²) in [5, 5.41) is 14.3. The number of hydrogen-bond donors (Lipinski definition) is 2. The molecule has 0 bridgehead atoms. The number of nitrogens with one attached hydrogen (secondary N) is 1. The molecular formula is C27H26N2O2. The summed E-state index contributed by atoms with van der Waals surface area (Å²) in [6.07, 6.45) is -0.494. The van der Waals surface area contributed by atoms with Crippen LogP contribution >= 0.6 is 0 Å². The highest BCUT2D eigenvalue weighted by molar-refractivity contribution is 5.92. The normalized spacial score (nSPS) is 13.0. The smallest absolute Gasteiger partial charge is 0.225 e. The fourth-order valence-corrected chi connectivity index (χ4v) is 4.01. The molecule has 1 heterocycles. The number of rotatable bonds is 6. The fraction of sp³-hybridized carbons (Fsp3) is 0.185. The van der Waals surface area contributed by atoms with E-state index in [1.807, 2.05) is 91.9 Å². The summed E-state index contributed by atoms with van der Waals surface area (Å²) in [5.41, 5.74) is 5.61. The molecule has 2 N–H and O–H groups in total. The molecule has 4 aromatic rings. The van der Waals surface area contributed by atoms with E-state index in [4.69, 9.17) is 4.98 Å². The standard InChI is InChI=1S/C27H26N2O2/c1-18-23(17-25(31)29-27(19(2)30)21-13-7-4-8-14-21)22-15-9-10-16-24(22)28-26(18)20-11-5-3-6-12-20/h3-16,19,27,30H,17H2,1-2H3,(H,29,31). The van der Waals surface area contributed by atoms with Gasteiger partial charge in [-0.15, -0.1) is 0 Å². The molecule has 0 aliphatic carbocycles. The summed E-state index contributed by atoms with van der Waals surface area (Å²) in [4.78, 5) is 18.0. The van der Waals surface area contributed by atoms with Gasteiger partial charge in [-0.3, -0.25) is 4.79 Å². The second-order valence-corrected chi connectivity index (χ2v) is 7.82. The van der Waals surface area contributed by atoms with Crippen LogP contribution < -0.4 is 5.32 Å². The Morgan fingerprint density at radius 3 is 2.23 bits per heavy atom. The number of carbonyl (C=O) groups is 1. The molecule has 2 atom stereocenters. The van der Waals surface area contributed by atoms with Crippen LogP contribution in [0, 0.1) is 6.92 Å². The lowest BCUT2D eigenvalue weighted by Gasteiger charge is -2.23. The zero-order chi connectivity index (χ0) is 21.8. The van der Waals surface area contributed by atoms with Gasteiger partial charge in [0.15, 0.2) is 0 Å². The quantitative estimate of drug-likeness (QED) is 0.471. The number of aromatic nitrogens is 1. The SMILES string of the molecule is Cc1c(-c2ccccc2)nc2ccccc2c1CC(=O)NC(c1ccccc1)C(C)O. The van der Waals surface area contributed by atoms with Crippen LogP contribution in [0.4, 0.5) is 0 Å². The molecule has 4 nitrogen and oxygen atoms in total. The lowest BCUT2D eigenvalue weighted by molar-refractivity contribution is -0.122. The molecule has 31 heavy (non-hydrogen) atoms. The summed E-state index contributed by atoms with van der Waals surface area (Å²) in [5.74, 6) is -0.131. The minimum absolute atomic E-state index is 0.131. The predicted molar refractivity (Wildman–Crippen MR) is 125 cm³/mol. The second-order valence-electron chi connectivity index (χ2n) is 7.82. The van der Waals surface area contributed by atoms with E-state index in [0.29, 0.717) is 0 Å². The van der Waals surface area contributed by atoms with E-state index in [2.05, 4.69) is 5.32 Å². The summed E-state index contributed by atoms with van der Waals surface area (Å²) in [7, 11) is 0. The minimum atomic E-state index is -0.707. The van der Waals surface area contributed by atoms with Crippen molar-refractivity contribution >= 4 is 16.8 Å². The second kappa shape index (κ2) is 9.11. The van der Waals surface area contributed by atoms with Gasteiger partial charge in [0.25, 0.3) is 0 Å². The van der Waals surface area contributed by atoms with Crippen molar-refractivity contribution in [2.24, 2.45) is 0 Å². The van der Waals surface area contributed by atoms with E-state index in [9.17, 15) is 9.90 Å². The first-order valence-corrected chi connectivity index (χ1v) is 10.5. The van der Waals surface area contributed by atoms with Crippen molar-refractivity contribution in [2.45, 2.75) is 32.4 Å². The molecule has 1 amide bonds. The maximum absolute atomic E-state index is 13.1. The number of pyridine rings is 1. The van der Waals surface area contributed by atoms with Crippen LogP contribution in [-0.2, 0) is 11.2 Å². The Bertz CT molecular complexity index is 1190. The predicted octanol–water partition coefficient (Wildman–Crippen LogP) is 4.99. The highest BCUT2D eigenvalue weighted by atomic mass is 16.3. The average Bonchev–Trinajstić information content (AvgIpc) is 2.80. The van der Waals surface area contributed by atoms with Gasteiger partial charge in [-0.1, -0.05) is 78.9 Å². The summed E-state index contributed by atoms with van der Waals surface area (Å²) in [6, 6.07) is 27.0. The molecule has 4 heteroatoms. The van der Waals surface area contributed by atoms with E-state index in [0.717, 1.165) is 38.9 Å². The van der Waals surface area contributed by atoms with Crippen molar-refractivity contribution in [3.63, 3.8) is 0 Å². The third-order valence-electron chi connectivity index (χ3n) is 5.61. The van der Waals surface area contributed by atoms with Crippen molar-refractivity contribution in [3.8, 4) is 11.3 Å². The van der Waals surface area contributed by atoms with E-state index in [1.54, 1.807) is 6.92 Å². The van der Waals surface area contributed by atoms with Gasteiger partial charge < -0.3 is 10.4 Å². The first-order chi connectivity index (χ1) is 15.0. The molecule has 2 unspecified atom stereocenters. The number of nitrogens with zero attached hydrogens (tertiary/aromatic N) is 1. The largest absolute Gasteiger partial charge is 0.391 e. The molecule has 0 radical (unpaired) electrons. The first kappa shape index (κ1) is 20.8. The van der Waals surface area contributed by atoms with Gasteiger partial charge in [-0.2, -0.15) is 0 Å². The van der Waals surface area contributed by atoms with Crippen LogP contribution in [0.25, 0.3) is 22.2 Å². The van der Waals surface area contributed by atoms with Crippen LogP contribution in [0.1, 0.15) is 29.7 Å². The Labute approximate surface area is 182 Å². The van der Waals surface area contributed by atoms with Gasteiger partial charge in [0.05, 0.1) is 29.8 Å². The molecule has 156 valence electrons. The van der Waals surface area contributed by atoms with Gasteiger partial charge in [0.2, 0.25) is 5.91 Å². The van der Waals surface area contributed by atoms with Crippen molar-refractivity contribution in [1.82, 2.24) is 10.3 Å². The summed E-state index contributed by atoms with van der Waals surface area (Å²) >= 11 is 0. The highest BCUT2D eigenvalue weighted by Gasteiger charge is 2.21. The van der Waals surface area contributed by atoms with Crippen LogP contribution in [0.15, 0.2) is 84.9 Å². The van der Waals surface area contributed by atoms with E-state index < -0.39 is 12.1 Å². The molecule has 0 saturated heterocycles. The molecular weight excluding hydrogens is 384 g/mol. The maximum atomic E-state index is 13.1. The van der Waals surface area contributed by atoms with Gasteiger partial charge >= 0.3 is 0 Å². The Morgan fingerprint density at radius 1 is 0.935 bits per heavy atom. The molecule has 0 saturated carbocycles. The lowest BCUT2D eigenvalue weighted by atomic mass is 9.95. The maximum Gasteiger partial charge on any atom is 0.225 e. The zero-order valence-corrected chi connectivity index (χ0v) is 17.7. The number of hydrogen-bond acceptors (Lipinski definition) is 3.